The molecular weight excluding hydrogens is 254 g/mol. The maximum Gasteiger partial charge on any atom is 0.261 e. The minimum Gasteiger partial charge on any atom is -0.466 e. The van der Waals surface area contributed by atoms with Crippen LogP contribution >= 0.6 is 0 Å². The van der Waals surface area contributed by atoms with E-state index in [0.717, 1.165) is 24.1 Å². The average Bonchev–Trinajstić information content (AvgIpc) is 2.40. The molecule has 0 spiro atoms. The van der Waals surface area contributed by atoms with Gasteiger partial charge in [0.05, 0.1) is 5.69 Å². The van der Waals surface area contributed by atoms with E-state index in [1.54, 1.807) is 0 Å². The highest BCUT2D eigenvalue weighted by Crippen LogP contribution is 2.22. The number of hydrogen-bond acceptors (Lipinski definition) is 4. The number of aromatic nitrogens is 2. The van der Waals surface area contributed by atoms with Gasteiger partial charge in [0.15, 0.2) is 6.61 Å². The van der Waals surface area contributed by atoms with E-state index in [1.807, 2.05) is 24.8 Å². The van der Waals surface area contributed by atoms with Crippen LogP contribution in [-0.4, -0.2) is 39.7 Å². The Balaban J connectivity index is 1.95. The third-order valence-corrected chi connectivity index (χ3v) is 4.03. The van der Waals surface area contributed by atoms with E-state index >= 15 is 0 Å². The van der Waals surface area contributed by atoms with Crippen molar-refractivity contribution >= 4 is 5.91 Å². The quantitative estimate of drug-likeness (QED) is 0.850. The number of nitrogens with zero attached hydrogens (tertiary/aromatic N) is 3. The van der Waals surface area contributed by atoms with Crippen LogP contribution in [0.5, 0.6) is 5.88 Å². The average molecular weight is 277 g/mol. The Bertz CT molecular complexity index is 480. The number of ether oxygens (including phenoxy) is 1. The lowest BCUT2D eigenvalue weighted by Crippen LogP contribution is -2.49. The molecule has 0 saturated carbocycles. The third-order valence-electron chi connectivity index (χ3n) is 4.03. The van der Waals surface area contributed by atoms with Crippen molar-refractivity contribution in [3.63, 3.8) is 0 Å². The van der Waals surface area contributed by atoms with Gasteiger partial charge in [-0.2, -0.15) is 5.10 Å². The number of likely N-dealkylation sites (tertiary alicyclic amines) is 1. The molecule has 5 heteroatoms. The zero-order valence-corrected chi connectivity index (χ0v) is 12.7. The first-order chi connectivity index (χ1) is 9.49. The summed E-state index contributed by atoms with van der Waals surface area (Å²) >= 11 is 0. The van der Waals surface area contributed by atoms with Crippen molar-refractivity contribution in [2.75, 3.05) is 6.61 Å². The summed E-state index contributed by atoms with van der Waals surface area (Å²) in [5.41, 5.74) is 1.89. The van der Waals surface area contributed by atoms with Crippen molar-refractivity contribution < 1.29 is 9.53 Å². The Morgan fingerprint density at radius 2 is 1.95 bits per heavy atom. The predicted molar refractivity (Wildman–Crippen MR) is 76.6 cm³/mol. The molecule has 1 aromatic rings. The molecule has 0 aliphatic carbocycles. The van der Waals surface area contributed by atoms with Crippen molar-refractivity contribution in [3.8, 4) is 5.88 Å². The lowest BCUT2D eigenvalue weighted by Gasteiger charge is -2.38. The highest BCUT2D eigenvalue weighted by molar-refractivity contribution is 5.78. The molecule has 0 bridgehead atoms. The first kappa shape index (κ1) is 14.8. The zero-order chi connectivity index (χ0) is 14.7. The van der Waals surface area contributed by atoms with E-state index in [9.17, 15) is 4.79 Å². The summed E-state index contributed by atoms with van der Waals surface area (Å²) < 4.78 is 5.49. The first-order valence-corrected chi connectivity index (χ1v) is 7.24. The van der Waals surface area contributed by atoms with Gasteiger partial charge < -0.3 is 9.64 Å². The fraction of sp³-hybridized carbons (Fsp3) is 0.667. The third kappa shape index (κ3) is 3.26. The van der Waals surface area contributed by atoms with Crippen LogP contribution in [0, 0.1) is 13.8 Å². The van der Waals surface area contributed by atoms with E-state index < -0.39 is 0 Å². The molecule has 5 nitrogen and oxygen atoms in total. The summed E-state index contributed by atoms with van der Waals surface area (Å²) in [6, 6.07) is 2.40. The number of carbonyl (C=O) groups excluding carboxylic acids is 1. The van der Waals surface area contributed by atoms with Gasteiger partial charge in [0.25, 0.3) is 5.91 Å². The Kier molecular flexibility index (Phi) is 4.57. The summed E-state index contributed by atoms with van der Waals surface area (Å²) in [7, 11) is 0. The zero-order valence-electron chi connectivity index (χ0n) is 12.7. The molecule has 2 rings (SSSR count). The Morgan fingerprint density at radius 3 is 2.55 bits per heavy atom. The molecule has 0 unspecified atom stereocenters. The SMILES string of the molecule is Cc1cc(OCC(=O)N2[C@H](C)CCC[C@H]2C)nnc1C. The van der Waals surface area contributed by atoms with Crippen LogP contribution in [0.4, 0.5) is 0 Å². The van der Waals surface area contributed by atoms with Crippen LogP contribution in [0.2, 0.25) is 0 Å². The summed E-state index contributed by atoms with van der Waals surface area (Å²) in [5, 5.41) is 7.95. The molecule has 1 aromatic heterocycles. The molecule has 1 aliphatic rings. The van der Waals surface area contributed by atoms with Crippen LogP contribution in [0.15, 0.2) is 6.07 Å². The molecule has 0 aromatic carbocycles. The molecular formula is C15H23N3O2. The van der Waals surface area contributed by atoms with Gasteiger partial charge in [-0.3, -0.25) is 4.79 Å². The predicted octanol–water partition coefficient (Wildman–Crippen LogP) is 2.26. The van der Waals surface area contributed by atoms with E-state index in [-0.39, 0.29) is 12.5 Å². The number of rotatable bonds is 3. The molecule has 110 valence electrons. The highest BCUT2D eigenvalue weighted by atomic mass is 16.5. The summed E-state index contributed by atoms with van der Waals surface area (Å²) in [6.07, 6.45) is 3.33. The van der Waals surface area contributed by atoms with Gasteiger partial charge in [0.2, 0.25) is 5.88 Å². The van der Waals surface area contributed by atoms with Gasteiger partial charge in [-0.05, 0) is 52.5 Å². The molecule has 0 radical (unpaired) electrons. The normalized spacial score (nSPS) is 22.7. The van der Waals surface area contributed by atoms with Gasteiger partial charge in [-0.1, -0.05) is 0 Å². The first-order valence-electron chi connectivity index (χ1n) is 7.24. The number of hydrogen-bond donors (Lipinski definition) is 0. The Morgan fingerprint density at radius 1 is 1.30 bits per heavy atom. The lowest BCUT2D eigenvalue weighted by molar-refractivity contribution is -0.139. The van der Waals surface area contributed by atoms with Crippen molar-refractivity contribution in [2.24, 2.45) is 0 Å². The monoisotopic (exact) mass is 277 g/mol. The second-order valence-electron chi connectivity index (χ2n) is 5.67. The van der Waals surface area contributed by atoms with E-state index in [1.165, 1.54) is 6.42 Å². The molecule has 1 fully saturated rings. The Labute approximate surface area is 120 Å². The molecule has 1 aliphatic heterocycles. The largest absolute Gasteiger partial charge is 0.466 e. The minimum absolute atomic E-state index is 0.0322. The molecule has 20 heavy (non-hydrogen) atoms. The second-order valence-corrected chi connectivity index (χ2v) is 5.67. The fourth-order valence-electron chi connectivity index (χ4n) is 2.72. The minimum atomic E-state index is 0.0322. The number of amides is 1. The summed E-state index contributed by atoms with van der Waals surface area (Å²) in [5.74, 6) is 0.448. The van der Waals surface area contributed by atoms with E-state index in [2.05, 4.69) is 24.0 Å². The van der Waals surface area contributed by atoms with E-state index in [4.69, 9.17) is 4.74 Å². The van der Waals surface area contributed by atoms with Gasteiger partial charge in [-0.25, -0.2) is 0 Å². The number of carbonyl (C=O) groups is 1. The van der Waals surface area contributed by atoms with Crippen molar-refractivity contribution in [3.05, 3.63) is 17.3 Å². The van der Waals surface area contributed by atoms with Crippen LogP contribution < -0.4 is 4.74 Å². The van der Waals surface area contributed by atoms with E-state index in [0.29, 0.717) is 18.0 Å². The smallest absolute Gasteiger partial charge is 0.261 e. The molecule has 2 atom stereocenters. The van der Waals surface area contributed by atoms with Crippen LogP contribution in [0.25, 0.3) is 0 Å². The van der Waals surface area contributed by atoms with Crippen LogP contribution in [-0.2, 0) is 4.79 Å². The summed E-state index contributed by atoms with van der Waals surface area (Å²) in [6.45, 7) is 8.08. The molecule has 1 saturated heterocycles. The maximum absolute atomic E-state index is 12.3. The highest BCUT2D eigenvalue weighted by Gasteiger charge is 2.29. The summed E-state index contributed by atoms with van der Waals surface area (Å²) in [4.78, 5) is 14.2. The molecule has 2 heterocycles. The molecule has 1 amide bonds. The van der Waals surface area contributed by atoms with Crippen molar-refractivity contribution in [1.82, 2.24) is 15.1 Å². The fourth-order valence-corrected chi connectivity index (χ4v) is 2.72. The van der Waals surface area contributed by atoms with Gasteiger partial charge in [0, 0.05) is 18.2 Å². The number of piperidine rings is 1. The second kappa shape index (κ2) is 6.20. The standard InChI is InChI=1S/C15H23N3O2/c1-10-8-14(17-16-13(10)4)20-9-15(19)18-11(2)6-5-7-12(18)3/h8,11-12H,5-7,9H2,1-4H3/t11-,12-/m1/s1. The number of aryl methyl sites for hydroxylation is 2. The van der Waals surface area contributed by atoms with Gasteiger partial charge in [-0.15, -0.1) is 5.10 Å². The van der Waals surface area contributed by atoms with Crippen molar-refractivity contribution in [2.45, 2.75) is 59.0 Å². The van der Waals surface area contributed by atoms with Gasteiger partial charge in [0.1, 0.15) is 0 Å². The Hall–Kier alpha value is -1.65. The van der Waals surface area contributed by atoms with Crippen LogP contribution in [0.1, 0.15) is 44.4 Å². The molecule has 0 N–H and O–H groups in total. The lowest BCUT2D eigenvalue weighted by atomic mass is 9.97. The topological polar surface area (TPSA) is 55.3 Å². The maximum atomic E-state index is 12.3. The van der Waals surface area contributed by atoms with Crippen LogP contribution in [0.3, 0.4) is 0 Å². The van der Waals surface area contributed by atoms with Crippen molar-refractivity contribution in [1.29, 1.82) is 0 Å². The van der Waals surface area contributed by atoms with Gasteiger partial charge >= 0.3 is 0 Å².